The van der Waals surface area contributed by atoms with Gasteiger partial charge in [-0.2, -0.15) is 5.10 Å². The largest absolute Gasteiger partial charge is 0.350 e. The lowest BCUT2D eigenvalue weighted by molar-refractivity contribution is 0.131. The molecule has 4 nitrogen and oxygen atoms in total. The molecule has 0 amide bonds. The summed E-state index contributed by atoms with van der Waals surface area (Å²) in [5, 5.41) is 6.75. The van der Waals surface area contributed by atoms with Gasteiger partial charge in [0.25, 0.3) is 0 Å². The minimum Gasteiger partial charge on any atom is -0.350 e. The second-order valence-electron chi connectivity index (χ2n) is 5.50. The average Bonchev–Trinajstić information content (AvgIpc) is 2.93. The topological polar surface area (TPSA) is 23.8 Å². The molecular formula is C17H22N4. The maximum absolute atomic E-state index is 4.59. The van der Waals surface area contributed by atoms with Gasteiger partial charge in [0.2, 0.25) is 0 Å². The Kier molecular flexibility index (Phi) is 4.36. The molecule has 0 N–H and O–H groups in total. The van der Waals surface area contributed by atoms with Crippen LogP contribution in [0.4, 0.5) is 0 Å². The highest BCUT2D eigenvalue weighted by atomic mass is 15.5. The SMILES string of the molecule is Cn1cccc1/C=N\N1CCN(Cc2ccccc2)CC1. The fourth-order valence-electron chi connectivity index (χ4n) is 2.60. The fraction of sp³-hybridized carbons (Fsp3) is 0.353. The molecule has 1 aliphatic heterocycles. The van der Waals surface area contributed by atoms with E-state index in [4.69, 9.17) is 0 Å². The van der Waals surface area contributed by atoms with Gasteiger partial charge < -0.3 is 4.57 Å². The van der Waals surface area contributed by atoms with Gasteiger partial charge in [0, 0.05) is 46.0 Å². The Labute approximate surface area is 126 Å². The zero-order valence-electron chi connectivity index (χ0n) is 12.5. The van der Waals surface area contributed by atoms with Gasteiger partial charge in [-0.15, -0.1) is 0 Å². The van der Waals surface area contributed by atoms with Gasteiger partial charge in [0.05, 0.1) is 11.9 Å². The molecule has 0 bridgehead atoms. The number of aryl methyl sites for hydroxylation is 1. The maximum atomic E-state index is 4.59. The van der Waals surface area contributed by atoms with E-state index >= 15 is 0 Å². The number of piperazine rings is 1. The lowest BCUT2D eigenvalue weighted by atomic mass is 10.2. The molecule has 0 atom stereocenters. The molecule has 0 saturated carbocycles. The van der Waals surface area contributed by atoms with Gasteiger partial charge in [-0.1, -0.05) is 30.3 Å². The maximum Gasteiger partial charge on any atom is 0.0707 e. The third-order valence-electron chi connectivity index (χ3n) is 3.93. The first-order valence-electron chi connectivity index (χ1n) is 7.48. The summed E-state index contributed by atoms with van der Waals surface area (Å²) in [6.45, 7) is 5.16. The Bertz CT molecular complexity index is 580. The van der Waals surface area contributed by atoms with E-state index in [0.29, 0.717) is 0 Å². The molecule has 2 heterocycles. The summed E-state index contributed by atoms with van der Waals surface area (Å²) in [6.07, 6.45) is 3.99. The number of hydrogen-bond donors (Lipinski definition) is 0. The number of rotatable bonds is 4. The quantitative estimate of drug-likeness (QED) is 0.803. The van der Waals surface area contributed by atoms with Crippen molar-refractivity contribution >= 4 is 6.21 Å². The Balaban J connectivity index is 1.49. The average molecular weight is 282 g/mol. The fourth-order valence-corrected chi connectivity index (χ4v) is 2.60. The summed E-state index contributed by atoms with van der Waals surface area (Å²) < 4.78 is 2.08. The van der Waals surface area contributed by atoms with E-state index in [9.17, 15) is 0 Å². The highest BCUT2D eigenvalue weighted by molar-refractivity contribution is 5.77. The van der Waals surface area contributed by atoms with Crippen LogP contribution in [0, 0.1) is 0 Å². The van der Waals surface area contributed by atoms with Crippen molar-refractivity contribution in [3.8, 4) is 0 Å². The Hall–Kier alpha value is -2.07. The summed E-state index contributed by atoms with van der Waals surface area (Å²) in [4.78, 5) is 2.49. The predicted molar refractivity (Wildman–Crippen MR) is 86.3 cm³/mol. The van der Waals surface area contributed by atoms with Crippen LogP contribution in [-0.2, 0) is 13.6 Å². The highest BCUT2D eigenvalue weighted by Gasteiger charge is 2.15. The van der Waals surface area contributed by atoms with E-state index in [2.05, 4.69) is 56.0 Å². The molecule has 1 aromatic carbocycles. The molecule has 110 valence electrons. The van der Waals surface area contributed by atoms with Crippen LogP contribution in [-0.4, -0.2) is 46.9 Å². The van der Waals surface area contributed by atoms with Crippen molar-refractivity contribution in [3.63, 3.8) is 0 Å². The normalized spacial score (nSPS) is 16.7. The summed E-state index contributed by atoms with van der Waals surface area (Å²) in [5.74, 6) is 0. The van der Waals surface area contributed by atoms with Gasteiger partial charge in [0.15, 0.2) is 0 Å². The molecule has 1 aliphatic rings. The Morgan fingerprint density at radius 3 is 2.43 bits per heavy atom. The molecule has 1 aromatic heterocycles. The molecule has 21 heavy (non-hydrogen) atoms. The lowest BCUT2D eigenvalue weighted by Crippen LogP contribution is -2.43. The van der Waals surface area contributed by atoms with E-state index < -0.39 is 0 Å². The van der Waals surface area contributed by atoms with Crippen LogP contribution in [0.15, 0.2) is 53.8 Å². The molecule has 0 unspecified atom stereocenters. The summed E-state index contributed by atoms with van der Waals surface area (Å²) in [7, 11) is 2.04. The molecule has 3 rings (SSSR count). The molecule has 1 fully saturated rings. The van der Waals surface area contributed by atoms with Crippen LogP contribution < -0.4 is 0 Å². The van der Waals surface area contributed by atoms with Crippen molar-refractivity contribution in [3.05, 3.63) is 59.9 Å². The van der Waals surface area contributed by atoms with Crippen LogP contribution >= 0.6 is 0 Å². The zero-order valence-corrected chi connectivity index (χ0v) is 12.5. The summed E-state index contributed by atoms with van der Waals surface area (Å²) >= 11 is 0. The van der Waals surface area contributed by atoms with Crippen molar-refractivity contribution in [2.75, 3.05) is 26.2 Å². The molecular weight excluding hydrogens is 260 g/mol. The van der Waals surface area contributed by atoms with Crippen LogP contribution in [0.1, 0.15) is 11.3 Å². The van der Waals surface area contributed by atoms with E-state index in [0.717, 1.165) is 38.4 Å². The molecule has 0 radical (unpaired) electrons. The first-order chi connectivity index (χ1) is 10.3. The minimum atomic E-state index is 0.994. The van der Waals surface area contributed by atoms with Crippen molar-refractivity contribution in [2.24, 2.45) is 12.1 Å². The number of hydrogen-bond acceptors (Lipinski definition) is 3. The van der Waals surface area contributed by atoms with Crippen LogP contribution in [0.5, 0.6) is 0 Å². The van der Waals surface area contributed by atoms with Gasteiger partial charge in [-0.25, -0.2) is 0 Å². The molecule has 2 aromatic rings. The van der Waals surface area contributed by atoms with Crippen LogP contribution in [0.3, 0.4) is 0 Å². The van der Waals surface area contributed by atoms with Crippen molar-refractivity contribution in [1.82, 2.24) is 14.5 Å². The Morgan fingerprint density at radius 1 is 1.00 bits per heavy atom. The number of nitrogens with zero attached hydrogens (tertiary/aromatic N) is 4. The Morgan fingerprint density at radius 2 is 1.76 bits per heavy atom. The highest BCUT2D eigenvalue weighted by Crippen LogP contribution is 2.08. The van der Waals surface area contributed by atoms with E-state index in [1.165, 1.54) is 5.56 Å². The standard InChI is InChI=1S/C17H22N4/c1-19-9-5-8-17(19)14-18-21-12-10-20(11-13-21)15-16-6-3-2-4-7-16/h2-9,14H,10-13,15H2,1H3/b18-14-. The molecule has 4 heteroatoms. The predicted octanol–water partition coefficient (Wildman–Crippen LogP) is 2.18. The van der Waals surface area contributed by atoms with Gasteiger partial charge in [-0.3, -0.25) is 9.91 Å². The number of aromatic nitrogens is 1. The molecule has 0 spiro atoms. The van der Waals surface area contributed by atoms with E-state index in [1.54, 1.807) is 0 Å². The monoisotopic (exact) mass is 282 g/mol. The van der Waals surface area contributed by atoms with Crippen LogP contribution in [0.25, 0.3) is 0 Å². The number of hydrazone groups is 1. The minimum absolute atomic E-state index is 0.994. The van der Waals surface area contributed by atoms with E-state index in [-0.39, 0.29) is 0 Å². The lowest BCUT2D eigenvalue weighted by Gasteiger charge is -2.33. The van der Waals surface area contributed by atoms with Crippen LogP contribution in [0.2, 0.25) is 0 Å². The van der Waals surface area contributed by atoms with E-state index in [1.807, 2.05) is 25.5 Å². The van der Waals surface area contributed by atoms with Gasteiger partial charge in [0.1, 0.15) is 0 Å². The summed E-state index contributed by atoms with van der Waals surface area (Å²) in [6, 6.07) is 14.8. The van der Waals surface area contributed by atoms with Gasteiger partial charge >= 0.3 is 0 Å². The smallest absolute Gasteiger partial charge is 0.0707 e. The zero-order chi connectivity index (χ0) is 14.5. The third-order valence-corrected chi connectivity index (χ3v) is 3.93. The first kappa shape index (κ1) is 13.9. The van der Waals surface area contributed by atoms with Gasteiger partial charge in [-0.05, 0) is 17.7 Å². The van der Waals surface area contributed by atoms with Crippen molar-refractivity contribution in [2.45, 2.75) is 6.54 Å². The second-order valence-corrected chi connectivity index (χ2v) is 5.50. The van der Waals surface area contributed by atoms with Crippen molar-refractivity contribution in [1.29, 1.82) is 0 Å². The third kappa shape index (κ3) is 3.73. The first-order valence-corrected chi connectivity index (χ1v) is 7.48. The molecule has 0 aliphatic carbocycles. The second kappa shape index (κ2) is 6.59. The number of benzene rings is 1. The molecule has 1 saturated heterocycles. The van der Waals surface area contributed by atoms with Crippen molar-refractivity contribution < 1.29 is 0 Å². The summed E-state index contributed by atoms with van der Waals surface area (Å²) in [5.41, 5.74) is 2.53.